The van der Waals surface area contributed by atoms with Gasteiger partial charge in [-0.25, -0.2) is 9.97 Å². The minimum atomic E-state index is 0.526. The van der Waals surface area contributed by atoms with Gasteiger partial charge in [-0.2, -0.15) is 0 Å². The predicted octanol–water partition coefficient (Wildman–Crippen LogP) is 2.07. The Hall–Kier alpha value is -0.320. The third kappa shape index (κ3) is 2.59. The van der Waals surface area contributed by atoms with Crippen molar-refractivity contribution in [2.45, 2.75) is 17.9 Å². The quantitative estimate of drug-likeness (QED) is 0.745. The topological polar surface area (TPSA) is 35.0 Å². The molecule has 0 atom stereocenters. The van der Waals surface area contributed by atoms with Crippen molar-refractivity contribution < 1.29 is 4.74 Å². The molecule has 0 bridgehead atoms. The summed E-state index contributed by atoms with van der Waals surface area (Å²) in [6.45, 7) is 3.63. The van der Waals surface area contributed by atoms with Crippen LogP contribution in [0.5, 0.6) is 0 Å². The van der Waals surface area contributed by atoms with Crippen LogP contribution in [-0.4, -0.2) is 28.4 Å². The maximum absolute atomic E-state index is 5.83. The number of ether oxygens (including phenoxy) is 1. The molecule has 5 heteroatoms. The van der Waals surface area contributed by atoms with Gasteiger partial charge in [0.25, 0.3) is 0 Å². The lowest BCUT2D eigenvalue weighted by Crippen LogP contribution is -2.30. The zero-order valence-electron chi connectivity index (χ0n) is 7.86. The molecule has 76 valence electrons. The van der Waals surface area contributed by atoms with Crippen molar-refractivity contribution >= 4 is 23.4 Å². The Labute approximate surface area is 92.2 Å². The highest BCUT2D eigenvalue weighted by Crippen LogP contribution is 2.22. The van der Waals surface area contributed by atoms with Gasteiger partial charge in [0, 0.05) is 5.69 Å². The van der Waals surface area contributed by atoms with Crippen LogP contribution in [0.3, 0.4) is 0 Å². The Bertz CT molecular complexity index is 310. The fraction of sp³-hybridized carbons (Fsp3) is 0.556. The Kier molecular flexibility index (Phi) is 3.26. The monoisotopic (exact) mass is 230 g/mol. The molecule has 3 nitrogen and oxygen atoms in total. The summed E-state index contributed by atoms with van der Waals surface area (Å²) in [4.78, 5) is 8.46. The minimum absolute atomic E-state index is 0.526. The lowest BCUT2D eigenvalue weighted by atomic mass is 10.4. The highest BCUT2D eigenvalue weighted by molar-refractivity contribution is 7.99. The van der Waals surface area contributed by atoms with E-state index in [9.17, 15) is 0 Å². The highest BCUT2D eigenvalue weighted by Gasteiger charge is 2.19. The lowest BCUT2D eigenvalue weighted by molar-refractivity contribution is 0.0455. The Balaban J connectivity index is 1.94. The van der Waals surface area contributed by atoms with E-state index in [1.54, 1.807) is 6.07 Å². The van der Waals surface area contributed by atoms with Crippen LogP contribution in [-0.2, 0) is 10.5 Å². The molecule has 1 aliphatic heterocycles. The molecule has 1 aromatic rings. The summed E-state index contributed by atoms with van der Waals surface area (Å²) in [7, 11) is 0. The van der Waals surface area contributed by atoms with Gasteiger partial charge >= 0.3 is 0 Å². The maximum atomic E-state index is 5.83. The molecule has 0 amide bonds. The molecule has 0 aromatic carbocycles. The maximum Gasteiger partial charge on any atom is 0.140 e. The molecule has 0 N–H and O–H groups in total. The number of halogens is 1. The van der Waals surface area contributed by atoms with Gasteiger partial charge in [-0.15, -0.1) is 11.8 Å². The summed E-state index contributed by atoms with van der Waals surface area (Å²) >= 11 is 7.65. The second-order valence-electron chi connectivity index (χ2n) is 3.22. The average molecular weight is 231 g/mol. The number of aryl methyl sites for hydroxylation is 1. The van der Waals surface area contributed by atoms with Crippen molar-refractivity contribution in [3.63, 3.8) is 0 Å². The average Bonchev–Trinajstić information content (AvgIpc) is 1.99. The van der Waals surface area contributed by atoms with E-state index in [0.29, 0.717) is 10.4 Å². The van der Waals surface area contributed by atoms with Gasteiger partial charge in [0.15, 0.2) is 0 Å². The van der Waals surface area contributed by atoms with Crippen molar-refractivity contribution in [2.24, 2.45) is 0 Å². The van der Waals surface area contributed by atoms with E-state index < -0.39 is 0 Å². The largest absolute Gasteiger partial charge is 0.379 e. The fourth-order valence-corrected chi connectivity index (χ4v) is 2.31. The van der Waals surface area contributed by atoms with Crippen molar-refractivity contribution in [3.05, 3.63) is 22.7 Å². The minimum Gasteiger partial charge on any atom is -0.379 e. The van der Waals surface area contributed by atoms with Gasteiger partial charge in [0.1, 0.15) is 11.0 Å². The normalized spacial score (nSPS) is 16.7. The number of aromatic nitrogens is 2. The predicted molar refractivity (Wildman–Crippen MR) is 57.7 cm³/mol. The number of nitrogens with zero attached hydrogens (tertiary/aromatic N) is 2. The first-order chi connectivity index (χ1) is 6.74. The molecule has 1 fully saturated rings. The first-order valence-electron chi connectivity index (χ1n) is 4.43. The Morgan fingerprint density at radius 3 is 2.93 bits per heavy atom. The first-order valence-corrected chi connectivity index (χ1v) is 5.86. The number of thioether (sulfide) groups is 1. The third-order valence-corrected chi connectivity index (χ3v) is 3.29. The molecule has 2 rings (SSSR count). The van der Waals surface area contributed by atoms with Crippen LogP contribution in [0.4, 0.5) is 0 Å². The number of rotatable bonds is 3. The van der Waals surface area contributed by atoms with Gasteiger partial charge in [-0.3, -0.25) is 0 Å². The van der Waals surface area contributed by atoms with Crippen molar-refractivity contribution in [1.82, 2.24) is 9.97 Å². The third-order valence-electron chi connectivity index (χ3n) is 1.92. The van der Waals surface area contributed by atoms with E-state index in [1.807, 2.05) is 18.7 Å². The van der Waals surface area contributed by atoms with E-state index in [4.69, 9.17) is 16.3 Å². The smallest absolute Gasteiger partial charge is 0.140 e. The van der Waals surface area contributed by atoms with Crippen LogP contribution >= 0.6 is 23.4 Å². The summed E-state index contributed by atoms with van der Waals surface area (Å²) < 4.78 is 5.08. The molecule has 1 saturated heterocycles. The Morgan fingerprint density at radius 1 is 1.57 bits per heavy atom. The van der Waals surface area contributed by atoms with Crippen LogP contribution in [0.15, 0.2) is 6.07 Å². The van der Waals surface area contributed by atoms with Gasteiger partial charge < -0.3 is 4.74 Å². The van der Waals surface area contributed by atoms with Crippen LogP contribution in [0.25, 0.3) is 0 Å². The number of hydrogen-bond acceptors (Lipinski definition) is 4. The van der Waals surface area contributed by atoms with Crippen molar-refractivity contribution in [2.75, 3.05) is 13.2 Å². The summed E-state index contributed by atoms with van der Waals surface area (Å²) in [5.41, 5.74) is 0.922. The summed E-state index contributed by atoms with van der Waals surface area (Å²) in [5.74, 6) is 1.63. The molecule has 2 heterocycles. The zero-order valence-corrected chi connectivity index (χ0v) is 9.44. The second kappa shape index (κ2) is 4.47. The molecule has 0 aliphatic carbocycles. The molecule has 0 radical (unpaired) electrons. The van der Waals surface area contributed by atoms with E-state index >= 15 is 0 Å². The van der Waals surface area contributed by atoms with Gasteiger partial charge in [-0.1, -0.05) is 11.6 Å². The Morgan fingerprint density at radius 2 is 2.36 bits per heavy atom. The van der Waals surface area contributed by atoms with Crippen molar-refractivity contribution in [3.8, 4) is 0 Å². The van der Waals surface area contributed by atoms with Gasteiger partial charge in [-0.05, 0) is 13.0 Å². The molecular weight excluding hydrogens is 220 g/mol. The molecule has 0 spiro atoms. The SMILES string of the molecule is Cc1cc(Cl)nc(CSC2COC2)n1. The van der Waals surface area contributed by atoms with Crippen LogP contribution in [0.2, 0.25) is 5.15 Å². The molecule has 0 saturated carbocycles. The fourth-order valence-electron chi connectivity index (χ4n) is 1.16. The summed E-state index contributed by atoms with van der Waals surface area (Å²) in [6.07, 6.45) is 0. The number of hydrogen-bond donors (Lipinski definition) is 0. The van der Waals surface area contributed by atoms with Crippen LogP contribution in [0.1, 0.15) is 11.5 Å². The molecule has 14 heavy (non-hydrogen) atoms. The van der Waals surface area contributed by atoms with E-state index in [-0.39, 0.29) is 0 Å². The lowest BCUT2D eigenvalue weighted by Gasteiger charge is -2.24. The summed E-state index contributed by atoms with van der Waals surface area (Å²) in [5, 5.41) is 1.14. The van der Waals surface area contributed by atoms with E-state index in [0.717, 1.165) is 30.5 Å². The van der Waals surface area contributed by atoms with E-state index in [2.05, 4.69) is 9.97 Å². The molecule has 1 aliphatic rings. The molecule has 0 unspecified atom stereocenters. The van der Waals surface area contributed by atoms with Crippen molar-refractivity contribution in [1.29, 1.82) is 0 Å². The van der Waals surface area contributed by atoms with Crippen LogP contribution < -0.4 is 0 Å². The van der Waals surface area contributed by atoms with Crippen LogP contribution in [0, 0.1) is 6.92 Å². The summed E-state index contributed by atoms with van der Waals surface area (Å²) in [6, 6.07) is 1.77. The zero-order chi connectivity index (χ0) is 9.97. The van der Waals surface area contributed by atoms with Gasteiger partial charge in [0.05, 0.1) is 24.2 Å². The highest BCUT2D eigenvalue weighted by atomic mass is 35.5. The first kappa shape index (κ1) is 10.2. The van der Waals surface area contributed by atoms with E-state index in [1.165, 1.54) is 0 Å². The second-order valence-corrected chi connectivity index (χ2v) is 4.89. The van der Waals surface area contributed by atoms with Gasteiger partial charge in [0.2, 0.25) is 0 Å². The standard InChI is InChI=1S/C9H11ClN2OS/c1-6-2-8(10)12-9(11-6)5-14-7-3-13-4-7/h2,7H,3-5H2,1H3. The molecule has 1 aromatic heterocycles. The molecular formula is C9H11ClN2OS.